The van der Waals surface area contributed by atoms with Gasteiger partial charge in [0.25, 0.3) is 5.91 Å². The normalized spacial score (nSPS) is 11.9. The second kappa shape index (κ2) is 7.02. The summed E-state index contributed by atoms with van der Waals surface area (Å²) in [4.78, 5) is 17.3. The number of pyridine rings is 1. The third kappa shape index (κ3) is 3.34. The lowest BCUT2D eigenvalue weighted by molar-refractivity contribution is 0.0927. The maximum atomic E-state index is 12.3. The van der Waals surface area contributed by atoms with Crippen LogP contribution < -0.4 is 10.1 Å². The number of aliphatic hydroxyl groups excluding tert-OH is 1. The Bertz CT molecular complexity index is 557. The topological polar surface area (TPSA) is 71.5 Å². The van der Waals surface area contributed by atoms with Crippen LogP contribution in [0, 0.1) is 0 Å². The van der Waals surface area contributed by atoms with Crippen LogP contribution in [-0.2, 0) is 0 Å². The molecule has 6 heteroatoms. The Hall–Kier alpha value is -1.92. The van der Waals surface area contributed by atoms with Crippen LogP contribution >= 0.6 is 11.3 Å². The number of carbonyl (C=O) groups excluding carboxylic acids is 1. The summed E-state index contributed by atoms with van der Waals surface area (Å²) in [6, 6.07) is 6.99. The number of hydrogen-bond acceptors (Lipinski definition) is 5. The Kier molecular flexibility index (Phi) is 5.09. The van der Waals surface area contributed by atoms with Gasteiger partial charge in [-0.2, -0.15) is 0 Å². The smallest absolute Gasteiger partial charge is 0.257 e. The minimum Gasteiger partial charge on any atom is -0.480 e. The molecule has 0 spiro atoms. The van der Waals surface area contributed by atoms with E-state index in [9.17, 15) is 4.79 Å². The largest absolute Gasteiger partial charge is 0.480 e. The molecule has 1 amide bonds. The number of thiophene rings is 1. The number of nitrogens with one attached hydrogen (secondary N) is 1. The van der Waals surface area contributed by atoms with Crippen molar-refractivity contribution in [3.8, 4) is 5.88 Å². The monoisotopic (exact) mass is 292 g/mol. The molecule has 5 nitrogen and oxygen atoms in total. The molecular weight excluding hydrogens is 276 g/mol. The number of nitrogens with zero attached hydrogens (tertiary/aromatic N) is 1. The summed E-state index contributed by atoms with van der Waals surface area (Å²) in [6.45, 7) is 0.00697. The average molecular weight is 292 g/mol. The molecular formula is C14H16N2O3S. The first kappa shape index (κ1) is 14.5. The number of ether oxygens (including phenoxy) is 1. The van der Waals surface area contributed by atoms with E-state index in [1.165, 1.54) is 7.11 Å². The first-order valence-electron chi connectivity index (χ1n) is 6.20. The zero-order valence-corrected chi connectivity index (χ0v) is 11.9. The second-order valence-corrected chi connectivity index (χ2v) is 5.09. The summed E-state index contributed by atoms with van der Waals surface area (Å²) in [5.41, 5.74) is 0.384. The van der Waals surface area contributed by atoms with Gasteiger partial charge in [0.2, 0.25) is 5.88 Å². The molecule has 0 radical (unpaired) electrons. The van der Waals surface area contributed by atoms with E-state index < -0.39 is 0 Å². The predicted octanol–water partition coefficient (Wildman–Crippen LogP) is 2.01. The van der Waals surface area contributed by atoms with Gasteiger partial charge in [-0.3, -0.25) is 4.79 Å². The van der Waals surface area contributed by atoms with E-state index >= 15 is 0 Å². The maximum Gasteiger partial charge on any atom is 0.257 e. The Morgan fingerprint density at radius 1 is 1.50 bits per heavy atom. The number of methoxy groups -OCH3 is 1. The van der Waals surface area contributed by atoms with E-state index in [0.29, 0.717) is 17.9 Å². The van der Waals surface area contributed by atoms with E-state index in [-0.39, 0.29) is 18.6 Å². The summed E-state index contributed by atoms with van der Waals surface area (Å²) in [7, 11) is 1.48. The molecule has 2 N–H and O–H groups in total. The molecule has 0 fully saturated rings. The Labute approximate surface area is 121 Å². The summed E-state index contributed by atoms with van der Waals surface area (Å²) in [6.07, 6.45) is 2.04. The van der Waals surface area contributed by atoms with Crippen molar-refractivity contribution in [3.05, 3.63) is 46.3 Å². The van der Waals surface area contributed by atoms with Crippen molar-refractivity contribution in [2.45, 2.75) is 12.5 Å². The molecule has 0 aromatic carbocycles. The van der Waals surface area contributed by atoms with Crippen LogP contribution in [0.5, 0.6) is 5.88 Å². The van der Waals surface area contributed by atoms with Crippen molar-refractivity contribution in [1.82, 2.24) is 10.3 Å². The van der Waals surface area contributed by atoms with Crippen molar-refractivity contribution in [1.29, 1.82) is 0 Å². The van der Waals surface area contributed by atoms with Crippen LogP contribution in [0.4, 0.5) is 0 Å². The number of aliphatic hydroxyl groups is 1. The van der Waals surface area contributed by atoms with Gasteiger partial charge in [0.15, 0.2) is 0 Å². The van der Waals surface area contributed by atoms with Crippen molar-refractivity contribution in [2.75, 3.05) is 13.7 Å². The first-order chi connectivity index (χ1) is 9.76. The SMILES string of the molecule is COc1ncccc1C(=O)N[C@@H](CCO)c1cccs1. The number of aromatic nitrogens is 1. The molecule has 0 saturated carbocycles. The highest BCUT2D eigenvalue weighted by Gasteiger charge is 2.19. The lowest BCUT2D eigenvalue weighted by Gasteiger charge is -2.17. The molecule has 2 rings (SSSR count). The summed E-state index contributed by atoms with van der Waals surface area (Å²) in [5.74, 6) is 0.0285. The molecule has 0 unspecified atom stereocenters. The second-order valence-electron chi connectivity index (χ2n) is 4.11. The molecule has 2 heterocycles. The van der Waals surface area contributed by atoms with Gasteiger partial charge in [-0.25, -0.2) is 4.98 Å². The summed E-state index contributed by atoms with van der Waals surface area (Å²) >= 11 is 1.55. The van der Waals surface area contributed by atoms with Gasteiger partial charge in [0, 0.05) is 17.7 Å². The quantitative estimate of drug-likeness (QED) is 0.854. The predicted molar refractivity (Wildman–Crippen MR) is 77.0 cm³/mol. The van der Waals surface area contributed by atoms with E-state index in [1.807, 2.05) is 17.5 Å². The molecule has 2 aromatic rings. The standard InChI is InChI=1S/C14H16N2O3S/c1-19-14-10(4-2-7-15-14)13(18)16-11(6-8-17)12-5-3-9-20-12/h2-5,7,9,11,17H,6,8H2,1H3,(H,16,18)/t11-/m0/s1. The van der Waals surface area contributed by atoms with E-state index in [1.54, 1.807) is 29.7 Å². The van der Waals surface area contributed by atoms with Gasteiger partial charge in [-0.05, 0) is 30.0 Å². The number of amides is 1. The minimum atomic E-state index is -0.262. The van der Waals surface area contributed by atoms with Crippen LogP contribution in [0.15, 0.2) is 35.8 Å². The fourth-order valence-electron chi connectivity index (χ4n) is 1.87. The molecule has 20 heavy (non-hydrogen) atoms. The number of carbonyl (C=O) groups is 1. The fourth-order valence-corrected chi connectivity index (χ4v) is 2.68. The van der Waals surface area contributed by atoms with Crippen LogP contribution in [0.2, 0.25) is 0 Å². The number of rotatable bonds is 6. The van der Waals surface area contributed by atoms with Crippen molar-refractivity contribution in [3.63, 3.8) is 0 Å². The van der Waals surface area contributed by atoms with Crippen molar-refractivity contribution in [2.24, 2.45) is 0 Å². The molecule has 0 bridgehead atoms. The Morgan fingerprint density at radius 3 is 3.00 bits per heavy atom. The highest BCUT2D eigenvalue weighted by Crippen LogP contribution is 2.23. The zero-order chi connectivity index (χ0) is 14.4. The first-order valence-corrected chi connectivity index (χ1v) is 7.08. The van der Waals surface area contributed by atoms with Gasteiger partial charge in [0.1, 0.15) is 5.56 Å². The molecule has 106 valence electrons. The third-order valence-electron chi connectivity index (χ3n) is 2.82. The lowest BCUT2D eigenvalue weighted by atomic mass is 10.1. The van der Waals surface area contributed by atoms with Crippen molar-refractivity contribution >= 4 is 17.2 Å². The molecule has 0 aliphatic rings. The van der Waals surface area contributed by atoms with Crippen LogP contribution in [0.3, 0.4) is 0 Å². The van der Waals surface area contributed by atoms with Crippen LogP contribution in [0.25, 0.3) is 0 Å². The zero-order valence-electron chi connectivity index (χ0n) is 11.1. The maximum absolute atomic E-state index is 12.3. The van der Waals surface area contributed by atoms with Gasteiger partial charge in [0.05, 0.1) is 13.2 Å². The van der Waals surface area contributed by atoms with Crippen LogP contribution in [0.1, 0.15) is 27.7 Å². The highest BCUT2D eigenvalue weighted by atomic mass is 32.1. The Balaban J connectivity index is 2.16. The molecule has 0 aliphatic heterocycles. The summed E-state index contributed by atoms with van der Waals surface area (Å²) in [5, 5.41) is 14.0. The molecule has 2 aromatic heterocycles. The minimum absolute atomic E-state index is 0.00697. The molecule has 1 atom stereocenters. The highest BCUT2D eigenvalue weighted by molar-refractivity contribution is 7.10. The molecule has 0 saturated heterocycles. The van der Waals surface area contributed by atoms with E-state index in [0.717, 1.165) is 4.88 Å². The summed E-state index contributed by atoms with van der Waals surface area (Å²) < 4.78 is 5.08. The van der Waals surface area contributed by atoms with Gasteiger partial charge >= 0.3 is 0 Å². The van der Waals surface area contributed by atoms with Crippen LogP contribution in [-0.4, -0.2) is 29.7 Å². The van der Waals surface area contributed by atoms with E-state index in [4.69, 9.17) is 9.84 Å². The van der Waals surface area contributed by atoms with Gasteiger partial charge in [-0.15, -0.1) is 11.3 Å². The van der Waals surface area contributed by atoms with E-state index in [2.05, 4.69) is 10.3 Å². The number of hydrogen-bond donors (Lipinski definition) is 2. The fraction of sp³-hybridized carbons (Fsp3) is 0.286. The molecule has 0 aliphatic carbocycles. The Morgan fingerprint density at radius 2 is 2.35 bits per heavy atom. The van der Waals surface area contributed by atoms with Gasteiger partial charge < -0.3 is 15.2 Å². The third-order valence-corrected chi connectivity index (χ3v) is 3.80. The average Bonchev–Trinajstić information content (AvgIpc) is 3.00. The van der Waals surface area contributed by atoms with Crippen molar-refractivity contribution < 1.29 is 14.6 Å². The van der Waals surface area contributed by atoms with Gasteiger partial charge in [-0.1, -0.05) is 6.07 Å². The lowest BCUT2D eigenvalue weighted by Crippen LogP contribution is -2.29.